The minimum absolute atomic E-state index is 0.147. The van der Waals surface area contributed by atoms with Crippen molar-refractivity contribution in [2.24, 2.45) is 11.1 Å². The zero-order chi connectivity index (χ0) is 14.9. The summed E-state index contributed by atoms with van der Waals surface area (Å²) in [6, 6.07) is 2.45. The van der Waals surface area contributed by atoms with Gasteiger partial charge in [0.25, 0.3) is 0 Å². The van der Waals surface area contributed by atoms with E-state index in [2.05, 4.69) is 5.32 Å². The van der Waals surface area contributed by atoms with Gasteiger partial charge in [0.2, 0.25) is 5.91 Å². The Balaban J connectivity index is 2.13. The average molecular weight is 282 g/mol. The van der Waals surface area contributed by atoms with Gasteiger partial charge in [0.05, 0.1) is 11.5 Å². The van der Waals surface area contributed by atoms with Crippen molar-refractivity contribution in [3.8, 4) is 0 Å². The van der Waals surface area contributed by atoms with Gasteiger partial charge in [0.15, 0.2) is 0 Å². The largest absolute Gasteiger partial charge is 0.349 e. The van der Waals surface area contributed by atoms with Crippen molar-refractivity contribution in [2.45, 2.75) is 45.2 Å². The first kappa shape index (κ1) is 14.9. The fraction of sp³-hybridized carbons (Fsp3) is 0.533. The molecule has 0 heterocycles. The highest BCUT2D eigenvalue weighted by atomic mass is 19.1. The van der Waals surface area contributed by atoms with E-state index >= 15 is 0 Å². The summed E-state index contributed by atoms with van der Waals surface area (Å²) >= 11 is 0. The van der Waals surface area contributed by atoms with Gasteiger partial charge in [0, 0.05) is 11.6 Å². The third-order valence-electron chi connectivity index (χ3n) is 4.32. The van der Waals surface area contributed by atoms with Gasteiger partial charge in [-0.15, -0.1) is 0 Å². The minimum atomic E-state index is -0.627. The Morgan fingerprint density at radius 2 is 2.20 bits per heavy atom. The number of rotatable bonds is 3. The summed E-state index contributed by atoms with van der Waals surface area (Å²) in [6.45, 7) is 3.47. The molecule has 3 atom stereocenters. The van der Waals surface area contributed by atoms with E-state index in [0.717, 1.165) is 37.5 Å². The van der Waals surface area contributed by atoms with E-state index in [1.165, 1.54) is 0 Å². The van der Waals surface area contributed by atoms with Crippen molar-refractivity contribution in [2.75, 3.05) is 0 Å². The summed E-state index contributed by atoms with van der Waals surface area (Å²) in [7, 11) is 0. The molecule has 5 heteroatoms. The van der Waals surface area contributed by atoms with Gasteiger partial charge in [-0.3, -0.25) is 4.79 Å². The number of hydrogen-bond donors (Lipinski definition) is 2. The van der Waals surface area contributed by atoms with Crippen LogP contribution in [0.1, 0.15) is 44.7 Å². The highest BCUT2D eigenvalue weighted by Gasteiger charge is 2.43. The van der Waals surface area contributed by atoms with Crippen LogP contribution in [0.3, 0.4) is 0 Å². The average Bonchev–Trinajstić information content (AvgIpc) is 2.73. The molecule has 1 aliphatic rings. The van der Waals surface area contributed by atoms with Crippen LogP contribution in [0.25, 0.3) is 0 Å². The van der Waals surface area contributed by atoms with Crippen molar-refractivity contribution >= 4 is 5.91 Å². The first-order valence-electron chi connectivity index (χ1n) is 6.86. The van der Waals surface area contributed by atoms with E-state index in [1.807, 2.05) is 6.92 Å². The molecule has 0 spiro atoms. The van der Waals surface area contributed by atoms with Crippen molar-refractivity contribution < 1.29 is 13.6 Å². The molecule has 1 aromatic carbocycles. The molecule has 0 radical (unpaired) electrons. The molecule has 2 rings (SSSR count). The quantitative estimate of drug-likeness (QED) is 0.895. The molecule has 1 aliphatic carbocycles. The third-order valence-corrected chi connectivity index (χ3v) is 4.32. The van der Waals surface area contributed by atoms with Gasteiger partial charge in [-0.25, -0.2) is 8.78 Å². The Hall–Kier alpha value is -1.49. The van der Waals surface area contributed by atoms with Crippen molar-refractivity contribution in [1.82, 2.24) is 5.32 Å². The molecule has 0 bridgehead atoms. The van der Waals surface area contributed by atoms with Crippen LogP contribution in [0.5, 0.6) is 0 Å². The molecule has 1 fully saturated rings. The molecule has 110 valence electrons. The predicted molar refractivity (Wildman–Crippen MR) is 72.8 cm³/mol. The molecule has 3 unspecified atom stereocenters. The summed E-state index contributed by atoms with van der Waals surface area (Å²) in [6.07, 6.45) is 2.44. The van der Waals surface area contributed by atoms with E-state index in [-0.39, 0.29) is 17.5 Å². The number of carbonyl (C=O) groups is 1. The first-order valence-corrected chi connectivity index (χ1v) is 6.86. The molecule has 1 amide bonds. The zero-order valence-electron chi connectivity index (χ0n) is 11.7. The van der Waals surface area contributed by atoms with Gasteiger partial charge in [-0.05, 0) is 44.9 Å². The SMILES string of the molecule is CC(NC(=O)C1(C)CCCC1N)c1cc(F)ccc1F. The second-order valence-electron chi connectivity index (χ2n) is 5.78. The minimum Gasteiger partial charge on any atom is -0.349 e. The zero-order valence-corrected chi connectivity index (χ0v) is 11.7. The van der Waals surface area contributed by atoms with E-state index in [9.17, 15) is 13.6 Å². The summed E-state index contributed by atoms with van der Waals surface area (Å²) in [4.78, 5) is 12.4. The van der Waals surface area contributed by atoms with Crippen molar-refractivity contribution in [1.29, 1.82) is 0 Å². The third kappa shape index (κ3) is 2.68. The molecular weight excluding hydrogens is 262 g/mol. The van der Waals surface area contributed by atoms with Crippen LogP contribution >= 0.6 is 0 Å². The molecule has 1 saturated carbocycles. The highest BCUT2D eigenvalue weighted by Crippen LogP contribution is 2.37. The highest BCUT2D eigenvalue weighted by molar-refractivity contribution is 5.83. The number of nitrogens with two attached hydrogens (primary N) is 1. The maximum atomic E-state index is 13.7. The van der Waals surface area contributed by atoms with Gasteiger partial charge in [-0.2, -0.15) is 0 Å². The van der Waals surface area contributed by atoms with Crippen LogP contribution in [-0.2, 0) is 4.79 Å². The lowest BCUT2D eigenvalue weighted by atomic mass is 9.84. The number of benzene rings is 1. The van der Waals surface area contributed by atoms with Crippen LogP contribution in [0.2, 0.25) is 0 Å². The number of amides is 1. The Bertz CT molecular complexity index is 521. The van der Waals surface area contributed by atoms with E-state index in [0.29, 0.717) is 0 Å². The summed E-state index contributed by atoms with van der Waals surface area (Å²) < 4.78 is 26.9. The number of hydrogen-bond acceptors (Lipinski definition) is 2. The van der Waals surface area contributed by atoms with Gasteiger partial charge < -0.3 is 11.1 Å². The Morgan fingerprint density at radius 3 is 2.80 bits per heavy atom. The molecule has 0 saturated heterocycles. The van der Waals surface area contributed by atoms with Crippen LogP contribution in [0.15, 0.2) is 18.2 Å². The van der Waals surface area contributed by atoms with Crippen LogP contribution in [-0.4, -0.2) is 11.9 Å². The molecule has 0 aliphatic heterocycles. The number of carbonyl (C=O) groups excluding carboxylic acids is 1. The normalized spacial score (nSPS) is 27.4. The van der Waals surface area contributed by atoms with Crippen molar-refractivity contribution in [3.05, 3.63) is 35.4 Å². The number of nitrogens with one attached hydrogen (secondary N) is 1. The first-order chi connectivity index (χ1) is 9.34. The summed E-state index contributed by atoms with van der Waals surface area (Å²) in [5.41, 5.74) is 5.51. The van der Waals surface area contributed by atoms with Gasteiger partial charge in [0.1, 0.15) is 11.6 Å². The van der Waals surface area contributed by atoms with Crippen molar-refractivity contribution in [3.63, 3.8) is 0 Å². The lowest BCUT2D eigenvalue weighted by Gasteiger charge is -2.29. The predicted octanol–water partition coefficient (Wildman–Crippen LogP) is 2.66. The lowest BCUT2D eigenvalue weighted by molar-refractivity contribution is -0.131. The smallest absolute Gasteiger partial charge is 0.227 e. The topological polar surface area (TPSA) is 55.1 Å². The lowest BCUT2D eigenvalue weighted by Crippen LogP contribution is -2.48. The summed E-state index contributed by atoms with van der Waals surface area (Å²) in [5, 5.41) is 2.75. The second kappa shape index (κ2) is 5.48. The van der Waals surface area contributed by atoms with Crippen LogP contribution in [0, 0.1) is 17.0 Å². The Labute approximate surface area is 117 Å². The Kier molecular flexibility index (Phi) is 4.09. The van der Waals surface area contributed by atoms with Crippen LogP contribution < -0.4 is 11.1 Å². The standard InChI is InChI=1S/C15H20F2N2O/c1-9(11-8-10(16)5-6-12(11)17)19-14(20)15(2)7-3-4-13(15)18/h5-6,8-9,13H,3-4,7,18H2,1-2H3,(H,19,20). The van der Waals surface area contributed by atoms with E-state index in [1.54, 1.807) is 6.92 Å². The van der Waals surface area contributed by atoms with Gasteiger partial charge in [-0.1, -0.05) is 6.42 Å². The van der Waals surface area contributed by atoms with Gasteiger partial charge >= 0.3 is 0 Å². The molecule has 20 heavy (non-hydrogen) atoms. The molecule has 3 nitrogen and oxygen atoms in total. The van der Waals surface area contributed by atoms with E-state index < -0.39 is 23.1 Å². The monoisotopic (exact) mass is 282 g/mol. The molecule has 3 N–H and O–H groups in total. The molecule has 1 aromatic rings. The molecular formula is C15H20F2N2O. The maximum absolute atomic E-state index is 13.7. The maximum Gasteiger partial charge on any atom is 0.227 e. The molecule has 0 aromatic heterocycles. The van der Waals surface area contributed by atoms with Crippen LogP contribution in [0.4, 0.5) is 8.78 Å². The second-order valence-corrected chi connectivity index (χ2v) is 5.78. The fourth-order valence-electron chi connectivity index (χ4n) is 2.76. The number of halogens is 2. The Morgan fingerprint density at radius 1 is 1.50 bits per heavy atom. The van der Waals surface area contributed by atoms with E-state index in [4.69, 9.17) is 5.73 Å². The fourth-order valence-corrected chi connectivity index (χ4v) is 2.76. The summed E-state index contributed by atoms with van der Waals surface area (Å²) in [5.74, 6) is -1.25.